The van der Waals surface area contributed by atoms with Crippen LogP contribution in [-0.2, 0) is 6.54 Å². The standard InChI is InChI=1S/C20H17IN4O2/c21-17-5-3-16(4-6-17)20(26)24-18(12-25-10-9-23-14-25)13-27-19-7-1-15(11-22)2-8-19/h1-10,14,18H,12-13H2,(H,24,26)/t18-/m1/s1. The molecule has 0 radical (unpaired) electrons. The van der Waals surface area contributed by atoms with Crippen molar-refractivity contribution in [1.82, 2.24) is 14.9 Å². The number of nitrogens with one attached hydrogen (secondary N) is 1. The number of amides is 1. The van der Waals surface area contributed by atoms with Gasteiger partial charge in [-0.05, 0) is 71.1 Å². The van der Waals surface area contributed by atoms with E-state index in [1.807, 2.05) is 22.9 Å². The van der Waals surface area contributed by atoms with Crippen LogP contribution < -0.4 is 10.1 Å². The molecule has 1 amide bonds. The summed E-state index contributed by atoms with van der Waals surface area (Å²) in [7, 11) is 0. The van der Waals surface area contributed by atoms with E-state index in [2.05, 4.69) is 39.0 Å². The number of rotatable bonds is 7. The third-order valence-electron chi connectivity index (χ3n) is 3.87. The van der Waals surface area contributed by atoms with Crippen LogP contribution in [0.25, 0.3) is 0 Å². The Morgan fingerprint density at radius 1 is 1.22 bits per heavy atom. The molecule has 1 heterocycles. The molecule has 0 unspecified atom stereocenters. The summed E-state index contributed by atoms with van der Waals surface area (Å²) in [6.45, 7) is 0.826. The van der Waals surface area contributed by atoms with Gasteiger partial charge < -0.3 is 14.6 Å². The zero-order valence-electron chi connectivity index (χ0n) is 14.4. The van der Waals surface area contributed by atoms with Crippen molar-refractivity contribution in [3.63, 3.8) is 0 Å². The third kappa shape index (κ3) is 5.56. The summed E-state index contributed by atoms with van der Waals surface area (Å²) < 4.78 is 8.78. The van der Waals surface area contributed by atoms with Gasteiger partial charge in [0.2, 0.25) is 0 Å². The minimum atomic E-state index is -0.248. The lowest BCUT2D eigenvalue weighted by atomic mass is 10.2. The van der Waals surface area contributed by atoms with Gasteiger partial charge in [0.15, 0.2) is 0 Å². The van der Waals surface area contributed by atoms with Crippen LogP contribution in [0.3, 0.4) is 0 Å². The summed E-state index contributed by atoms with van der Waals surface area (Å²) in [6.07, 6.45) is 5.23. The molecule has 3 rings (SSSR count). The van der Waals surface area contributed by atoms with Crippen molar-refractivity contribution in [3.05, 3.63) is 81.9 Å². The minimum Gasteiger partial charge on any atom is -0.491 e. The fraction of sp³-hybridized carbons (Fsp3) is 0.150. The second-order valence-corrected chi connectivity index (χ2v) is 7.13. The molecule has 3 aromatic rings. The van der Waals surface area contributed by atoms with Crippen molar-refractivity contribution in [2.45, 2.75) is 12.6 Å². The fourth-order valence-electron chi connectivity index (χ4n) is 2.48. The fourth-order valence-corrected chi connectivity index (χ4v) is 2.84. The summed E-state index contributed by atoms with van der Waals surface area (Å²) in [5, 5.41) is 11.9. The second kappa shape index (κ2) is 9.19. The van der Waals surface area contributed by atoms with Crippen LogP contribution in [0.2, 0.25) is 0 Å². The van der Waals surface area contributed by atoms with Gasteiger partial charge in [0.25, 0.3) is 5.91 Å². The molecule has 2 aromatic carbocycles. The molecule has 0 bridgehead atoms. The molecule has 0 saturated heterocycles. The van der Waals surface area contributed by atoms with Crippen LogP contribution in [-0.4, -0.2) is 28.1 Å². The lowest BCUT2D eigenvalue weighted by molar-refractivity contribution is 0.0915. The summed E-state index contributed by atoms with van der Waals surface area (Å²) in [5.41, 5.74) is 1.17. The van der Waals surface area contributed by atoms with E-state index in [-0.39, 0.29) is 11.9 Å². The van der Waals surface area contributed by atoms with Crippen molar-refractivity contribution in [3.8, 4) is 11.8 Å². The number of ether oxygens (including phenoxy) is 1. The Hall–Kier alpha value is -2.86. The average molecular weight is 472 g/mol. The highest BCUT2D eigenvalue weighted by Crippen LogP contribution is 2.12. The van der Waals surface area contributed by atoms with E-state index < -0.39 is 0 Å². The number of imidazole rings is 1. The molecule has 27 heavy (non-hydrogen) atoms. The second-order valence-electron chi connectivity index (χ2n) is 5.88. The number of hydrogen-bond donors (Lipinski definition) is 1. The highest BCUT2D eigenvalue weighted by molar-refractivity contribution is 14.1. The number of nitriles is 1. The lowest BCUT2D eigenvalue weighted by Gasteiger charge is -2.20. The molecular formula is C20H17IN4O2. The summed E-state index contributed by atoms with van der Waals surface area (Å²) in [5.74, 6) is 0.494. The van der Waals surface area contributed by atoms with Crippen LogP contribution in [0, 0.1) is 14.9 Å². The Morgan fingerprint density at radius 3 is 2.59 bits per heavy atom. The normalized spacial score (nSPS) is 11.4. The first-order valence-corrected chi connectivity index (χ1v) is 9.37. The van der Waals surface area contributed by atoms with Crippen molar-refractivity contribution >= 4 is 28.5 Å². The molecule has 0 aliphatic carbocycles. The van der Waals surface area contributed by atoms with Gasteiger partial charge in [0, 0.05) is 28.1 Å². The van der Waals surface area contributed by atoms with E-state index in [1.165, 1.54) is 0 Å². The first kappa shape index (κ1) is 18.9. The Morgan fingerprint density at radius 2 is 1.96 bits per heavy atom. The van der Waals surface area contributed by atoms with Gasteiger partial charge in [-0.2, -0.15) is 5.26 Å². The van der Waals surface area contributed by atoms with E-state index in [9.17, 15) is 4.79 Å². The van der Waals surface area contributed by atoms with E-state index in [1.54, 1.807) is 48.9 Å². The predicted molar refractivity (Wildman–Crippen MR) is 109 cm³/mol. The number of carbonyl (C=O) groups excluding carboxylic acids is 1. The Kier molecular flexibility index (Phi) is 6.44. The van der Waals surface area contributed by atoms with Crippen LogP contribution >= 0.6 is 22.6 Å². The molecule has 1 N–H and O–H groups in total. The molecule has 1 atom stereocenters. The van der Waals surface area contributed by atoms with Gasteiger partial charge in [-0.25, -0.2) is 4.98 Å². The number of hydrogen-bond acceptors (Lipinski definition) is 4. The SMILES string of the molecule is N#Cc1ccc(OC[C@@H](Cn2ccnc2)NC(=O)c2ccc(I)cc2)cc1. The molecule has 136 valence electrons. The maximum atomic E-state index is 12.6. The Labute approximate surface area is 170 Å². The van der Waals surface area contributed by atoms with Crippen LogP contribution in [0.1, 0.15) is 15.9 Å². The number of carbonyl (C=O) groups is 1. The number of halogens is 1. The lowest BCUT2D eigenvalue weighted by Crippen LogP contribution is -2.42. The molecule has 0 fully saturated rings. The van der Waals surface area contributed by atoms with Crippen molar-refractivity contribution in [2.75, 3.05) is 6.61 Å². The first-order chi connectivity index (χ1) is 13.1. The van der Waals surface area contributed by atoms with Gasteiger partial charge in [-0.15, -0.1) is 0 Å². The Bertz CT molecular complexity index is 916. The molecule has 0 aliphatic heterocycles. The van der Waals surface area contributed by atoms with Crippen LogP contribution in [0.5, 0.6) is 5.75 Å². The quantitative estimate of drug-likeness (QED) is 0.536. The van der Waals surface area contributed by atoms with Crippen molar-refractivity contribution < 1.29 is 9.53 Å². The highest BCUT2D eigenvalue weighted by Gasteiger charge is 2.15. The topological polar surface area (TPSA) is 79.9 Å². The van der Waals surface area contributed by atoms with Gasteiger partial charge in [-0.3, -0.25) is 4.79 Å². The number of benzene rings is 2. The van der Waals surface area contributed by atoms with Crippen molar-refractivity contribution in [2.24, 2.45) is 0 Å². The molecule has 0 saturated carbocycles. The van der Waals surface area contributed by atoms with E-state index >= 15 is 0 Å². The van der Waals surface area contributed by atoms with Gasteiger partial charge in [0.1, 0.15) is 12.4 Å². The van der Waals surface area contributed by atoms with Gasteiger partial charge in [0.05, 0.1) is 24.0 Å². The molecule has 0 aliphatic rings. The molecule has 7 heteroatoms. The van der Waals surface area contributed by atoms with Crippen LogP contribution in [0.4, 0.5) is 0 Å². The van der Waals surface area contributed by atoms with Gasteiger partial charge >= 0.3 is 0 Å². The van der Waals surface area contributed by atoms with Crippen LogP contribution in [0.15, 0.2) is 67.3 Å². The number of aromatic nitrogens is 2. The Balaban J connectivity index is 1.67. The minimum absolute atomic E-state index is 0.153. The maximum Gasteiger partial charge on any atom is 0.251 e. The summed E-state index contributed by atoms with van der Waals surface area (Å²) >= 11 is 2.20. The summed E-state index contributed by atoms with van der Waals surface area (Å²) in [6, 6.07) is 16.1. The largest absolute Gasteiger partial charge is 0.491 e. The molecule has 0 spiro atoms. The van der Waals surface area contributed by atoms with Gasteiger partial charge in [-0.1, -0.05) is 0 Å². The predicted octanol–water partition coefficient (Wildman–Crippen LogP) is 3.24. The maximum absolute atomic E-state index is 12.6. The van der Waals surface area contributed by atoms with E-state index in [4.69, 9.17) is 10.00 Å². The van der Waals surface area contributed by atoms with E-state index in [0.717, 1.165) is 3.57 Å². The third-order valence-corrected chi connectivity index (χ3v) is 4.59. The van der Waals surface area contributed by atoms with Crippen molar-refractivity contribution in [1.29, 1.82) is 5.26 Å². The zero-order chi connectivity index (χ0) is 19.1. The summed E-state index contributed by atoms with van der Waals surface area (Å²) in [4.78, 5) is 16.6. The number of nitrogens with zero attached hydrogens (tertiary/aromatic N) is 3. The molecular weight excluding hydrogens is 455 g/mol. The monoisotopic (exact) mass is 472 g/mol. The highest BCUT2D eigenvalue weighted by atomic mass is 127. The molecule has 6 nitrogen and oxygen atoms in total. The zero-order valence-corrected chi connectivity index (χ0v) is 16.5. The smallest absolute Gasteiger partial charge is 0.251 e. The van der Waals surface area contributed by atoms with E-state index in [0.29, 0.717) is 30.0 Å². The average Bonchev–Trinajstić information content (AvgIpc) is 3.20. The first-order valence-electron chi connectivity index (χ1n) is 8.29. The molecule has 1 aromatic heterocycles.